The van der Waals surface area contributed by atoms with E-state index in [2.05, 4.69) is 60.1 Å². The fourth-order valence-electron chi connectivity index (χ4n) is 1.61. The summed E-state index contributed by atoms with van der Waals surface area (Å²) < 4.78 is 10.3. The largest absolute Gasteiger partial charge is 1.00 e. The van der Waals surface area contributed by atoms with Gasteiger partial charge in [0.15, 0.2) is 8.24 Å². The second-order valence-electron chi connectivity index (χ2n) is 6.64. The van der Waals surface area contributed by atoms with E-state index in [0.717, 1.165) is 0 Å². The fourth-order valence-corrected chi connectivity index (χ4v) is 12.1. The molecule has 110 valence electrons. The first-order valence-corrected chi connectivity index (χ1v) is 16.8. The van der Waals surface area contributed by atoms with Crippen LogP contribution in [0.15, 0.2) is 4.03 Å². The second-order valence-corrected chi connectivity index (χ2v) is 21.6. The normalized spacial score (nSPS) is 16.3. The van der Waals surface area contributed by atoms with Crippen LogP contribution < -0.4 is 18.9 Å². The van der Waals surface area contributed by atoms with Gasteiger partial charge in [0.2, 0.25) is 0 Å². The zero-order valence-electron chi connectivity index (χ0n) is 14.7. The molecule has 0 aliphatic carbocycles. The monoisotopic (exact) mass is 330 g/mol. The van der Waals surface area contributed by atoms with E-state index in [9.17, 15) is 0 Å². The minimum atomic E-state index is -1.38. The van der Waals surface area contributed by atoms with Gasteiger partial charge in [-0.1, -0.05) is 49.6 Å². The molecular formula is C12H32LiN2PSSi2. The van der Waals surface area contributed by atoms with E-state index in [1.54, 1.807) is 0 Å². The molecule has 0 amide bonds. The first kappa shape index (κ1) is 22.8. The summed E-state index contributed by atoms with van der Waals surface area (Å²) >= 11 is 0. The van der Waals surface area contributed by atoms with E-state index in [0.29, 0.717) is 4.99 Å². The van der Waals surface area contributed by atoms with E-state index in [1.165, 1.54) is 12.3 Å². The van der Waals surface area contributed by atoms with Crippen molar-refractivity contribution in [2.75, 3.05) is 12.3 Å². The smallest absolute Gasteiger partial charge is 0.598 e. The molecule has 0 saturated heterocycles. The van der Waals surface area contributed by atoms with Gasteiger partial charge < -0.3 is 8.42 Å². The van der Waals surface area contributed by atoms with Crippen LogP contribution in [0, 0.1) is 0 Å². The summed E-state index contributed by atoms with van der Waals surface area (Å²) in [6.07, 6.45) is 2.64. The Balaban J connectivity index is 0. The SMILES string of the molecule is CCP(CC)[C@H](C)/[S@@](=N\[Si](C)(C)C)[N-][Si](C)(C)C.[Li+]. The Hall–Kier alpha value is 1.57. The average Bonchev–Trinajstić information content (AvgIpc) is 2.14. The minimum absolute atomic E-state index is 0. The molecule has 0 saturated carbocycles. The number of hydrogen-bond donors (Lipinski definition) is 0. The summed E-state index contributed by atoms with van der Waals surface area (Å²) in [7, 11) is -2.69. The standard InChI is InChI=1S/C12H32N2PSSi2.Li/c1-10-15(11-2)12(3)16(13-17(4,5)6)14-18(7,8)9;/h12H,10-11H2,1-9H3;/q-1;+1/t12-;/m0./s1. The maximum absolute atomic E-state index is 5.16. The van der Waals surface area contributed by atoms with Crippen LogP contribution in [0.3, 0.4) is 0 Å². The van der Waals surface area contributed by atoms with Gasteiger partial charge in [-0.3, -0.25) is 0 Å². The Morgan fingerprint density at radius 3 is 1.74 bits per heavy atom. The van der Waals surface area contributed by atoms with Crippen molar-refractivity contribution in [2.24, 2.45) is 4.03 Å². The summed E-state index contributed by atoms with van der Waals surface area (Å²) in [6, 6.07) is 0. The Morgan fingerprint density at radius 1 is 1.05 bits per heavy atom. The third kappa shape index (κ3) is 10.9. The molecule has 0 aromatic rings. The quantitative estimate of drug-likeness (QED) is 0.507. The fraction of sp³-hybridized carbons (Fsp3) is 1.00. The van der Waals surface area contributed by atoms with Gasteiger partial charge in [0, 0.05) is 4.99 Å². The first-order valence-electron chi connectivity index (χ1n) is 6.93. The molecule has 0 aromatic carbocycles. The van der Waals surface area contributed by atoms with Crippen molar-refractivity contribution in [3.8, 4) is 0 Å². The Labute approximate surface area is 139 Å². The number of hydrogen-bond acceptors (Lipinski definition) is 1. The Kier molecular flexibility index (Phi) is 11.5. The molecule has 0 unspecified atom stereocenters. The van der Waals surface area contributed by atoms with Crippen LogP contribution in [0.2, 0.25) is 39.3 Å². The number of nitrogens with zero attached hydrogens (tertiary/aromatic N) is 2. The molecule has 0 heterocycles. The zero-order chi connectivity index (χ0) is 14.6. The number of rotatable bonds is 7. The summed E-state index contributed by atoms with van der Waals surface area (Å²) in [5.74, 6) is 0. The summed E-state index contributed by atoms with van der Waals surface area (Å²) in [5, 5.41) is 0. The van der Waals surface area contributed by atoms with Gasteiger partial charge in [0.1, 0.15) is 0 Å². The van der Waals surface area contributed by atoms with E-state index in [1.807, 2.05) is 0 Å². The van der Waals surface area contributed by atoms with E-state index >= 15 is 0 Å². The molecule has 0 N–H and O–H groups in total. The summed E-state index contributed by atoms with van der Waals surface area (Å²) in [5.41, 5.74) is 0. The second kappa shape index (κ2) is 9.56. The van der Waals surface area contributed by atoms with Gasteiger partial charge in [-0.25, -0.2) is 10.9 Å². The van der Waals surface area contributed by atoms with Crippen LogP contribution in [0.4, 0.5) is 0 Å². The molecule has 0 aliphatic rings. The molecule has 0 aliphatic heterocycles. The summed E-state index contributed by atoms with van der Waals surface area (Å²) in [4.78, 5) is 0.688. The van der Waals surface area contributed by atoms with Gasteiger partial charge in [0.25, 0.3) is 0 Å². The molecule has 19 heavy (non-hydrogen) atoms. The minimum Gasteiger partial charge on any atom is -0.598 e. The van der Waals surface area contributed by atoms with Crippen LogP contribution >= 0.6 is 7.92 Å². The van der Waals surface area contributed by atoms with Crippen molar-refractivity contribution in [1.82, 2.24) is 0 Å². The zero-order valence-corrected chi connectivity index (χ0v) is 18.5. The first-order chi connectivity index (χ1) is 8.00. The molecule has 0 rings (SSSR count). The predicted octanol–water partition coefficient (Wildman–Crippen LogP) is 2.62. The van der Waals surface area contributed by atoms with Crippen molar-refractivity contribution in [1.29, 1.82) is 0 Å². The van der Waals surface area contributed by atoms with Crippen LogP contribution in [0.1, 0.15) is 20.8 Å². The third-order valence-corrected chi connectivity index (χ3v) is 13.0. The van der Waals surface area contributed by atoms with Crippen molar-refractivity contribution in [3.63, 3.8) is 0 Å². The van der Waals surface area contributed by atoms with Crippen LogP contribution in [0.25, 0.3) is 4.39 Å². The Morgan fingerprint density at radius 2 is 1.47 bits per heavy atom. The van der Waals surface area contributed by atoms with Crippen LogP contribution in [-0.2, 0) is 10.9 Å². The molecule has 0 bridgehead atoms. The van der Waals surface area contributed by atoms with Crippen molar-refractivity contribution in [3.05, 3.63) is 4.39 Å². The molecule has 0 aromatic heterocycles. The van der Waals surface area contributed by atoms with Crippen molar-refractivity contribution >= 4 is 35.3 Å². The van der Waals surface area contributed by atoms with Crippen molar-refractivity contribution < 1.29 is 18.9 Å². The van der Waals surface area contributed by atoms with Crippen molar-refractivity contribution in [2.45, 2.75) is 65.0 Å². The van der Waals surface area contributed by atoms with Gasteiger partial charge in [-0.15, -0.1) is 0 Å². The maximum Gasteiger partial charge on any atom is 1.00 e. The predicted molar refractivity (Wildman–Crippen MR) is 97.3 cm³/mol. The van der Waals surface area contributed by atoms with Gasteiger partial charge >= 0.3 is 18.9 Å². The Bertz CT molecular complexity index is 286. The average molecular weight is 331 g/mol. The molecular weight excluding hydrogens is 298 g/mol. The topological polar surface area (TPSA) is 26.5 Å². The van der Waals surface area contributed by atoms with Gasteiger partial charge in [-0.2, -0.15) is 0 Å². The molecule has 2 nitrogen and oxygen atoms in total. The third-order valence-electron chi connectivity index (χ3n) is 2.37. The summed E-state index contributed by atoms with van der Waals surface area (Å²) in [6.45, 7) is 21.1. The van der Waals surface area contributed by atoms with Gasteiger partial charge in [0.05, 0.1) is 0 Å². The molecule has 7 heteroatoms. The molecule has 2 atom stereocenters. The van der Waals surface area contributed by atoms with Crippen LogP contribution in [0.5, 0.6) is 0 Å². The van der Waals surface area contributed by atoms with Crippen LogP contribution in [-0.4, -0.2) is 33.8 Å². The van der Waals surface area contributed by atoms with E-state index in [-0.39, 0.29) is 37.7 Å². The van der Waals surface area contributed by atoms with E-state index in [4.69, 9.17) is 8.42 Å². The molecule has 0 spiro atoms. The van der Waals surface area contributed by atoms with Gasteiger partial charge in [-0.05, 0) is 38.9 Å². The maximum atomic E-state index is 5.16. The van der Waals surface area contributed by atoms with E-state index < -0.39 is 16.5 Å². The molecule has 0 radical (unpaired) electrons. The molecule has 0 fully saturated rings.